The topological polar surface area (TPSA) is 31.0 Å². The van der Waals surface area contributed by atoms with Crippen LogP contribution in [0.5, 0.6) is 0 Å². The van der Waals surface area contributed by atoms with Crippen LogP contribution in [0.25, 0.3) is 60.6 Å². The second kappa shape index (κ2) is 6.39. The summed E-state index contributed by atoms with van der Waals surface area (Å²) < 4.78 is 9.09. The number of benzene rings is 4. The lowest BCUT2D eigenvalue weighted by Gasteiger charge is -2.23. The number of pyridine rings is 1. The van der Waals surface area contributed by atoms with Crippen molar-refractivity contribution in [3.8, 4) is 16.8 Å². The number of furan rings is 1. The van der Waals surface area contributed by atoms with Gasteiger partial charge >= 0.3 is 0 Å². The van der Waals surface area contributed by atoms with Crippen molar-refractivity contribution in [1.29, 1.82) is 0 Å². The Morgan fingerprint density at radius 2 is 1.54 bits per heavy atom. The van der Waals surface area contributed by atoms with E-state index in [4.69, 9.17) is 4.42 Å². The van der Waals surface area contributed by atoms with E-state index in [1.54, 1.807) is 0 Å². The number of rotatable bonds is 1. The Bertz CT molecular complexity index is 1970. The average Bonchev–Trinajstić information content (AvgIpc) is 3.51. The monoisotopic (exact) mass is 450 g/mol. The maximum absolute atomic E-state index is 6.70. The van der Waals surface area contributed by atoms with E-state index in [-0.39, 0.29) is 5.41 Å². The van der Waals surface area contributed by atoms with E-state index in [2.05, 4.69) is 102 Å². The van der Waals surface area contributed by atoms with E-state index >= 15 is 0 Å². The molecule has 8 rings (SSSR count). The van der Waals surface area contributed by atoms with E-state index < -0.39 is 0 Å². The molecular weight excluding hydrogens is 428 g/mol. The molecule has 0 bridgehead atoms. The Balaban J connectivity index is 1.76. The van der Waals surface area contributed by atoms with Crippen molar-refractivity contribution in [2.24, 2.45) is 0 Å². The number of hydrogen-bond donors (Lipinski definition) is 0. The molecule has 0 atom stereocenters. The van der Waals surface area contributed by atoms with Crippen LogP contribution in [0, 0.1) is 0 Å². The van der Waals surface area contributed by atoms with Gasteiger partial charge in [0.05, 0.1) is 28.3 Å². The normalized spacial score (nSPS) is 14.2. The molecule has 3 heteroatoms. The summed E-state index contributed by atoms with van der Waals surface area (Å²) in [6.07, 6.45) is 3.79. The Labute approximate surface area is 202 Å². The van der Waals surface area contributed by atoms with Gasteiger partial charge in [0.15, 0.2) is 0 Å². The Hall–Kier alpha value is -4.37. The predicted octanol–water partition coefficient (Wildman–Crippen LogP) is 8.38. The molecule has 35 heavy (non-hydrogen) atoms. The fourth-order valence-electron chi connectivity index (χ4n) is 6.43. The summed E-state index contributed by atoms with van der Waals surface area (Å²) in [5.74, 6) is 0. The first kappa shape index (κ1) is 19.0. The van der Waals surface area contributed by atoms with Gasteiger partial charge in [-0.05, 0) is 46.5 Å². The largest absolute Gasteiger partial charge is 0.455 e. The van der Waals surface area contributed by atoms with Crippen molar-refractivity contribution in [3.05, 3.63) is 108 Å². The van der Waals surface area contributed by atoms with Gasteiger partial charge in [0.1, 0.15) is 11.2 Å². The highest BCUT2D eigenvalue weighted by atomic mass is 16.3. The zero-order chi connectivity index (χ0) is 23.3. The van der Waals surface area contributed by atoms with Gasteiger partial charge in [-0.2, -0.15) is 0 Å². The minimum Gasteiger partial charge on any atom is -0.455 e. The molecule has 4 aromatic carbocycles. The van der Waals surface area contributed by atoms with Crippen molar-refractivity contribution >= 4 is 43.7 Å². The lowest BCUT2D eigenvalue weighted by molar-refractivity contribution is 0.662. The van der Waals surface area contributed by atoms with Crippen molar-refractivity contribution in [1.82, 2.24) is 9.55 Å². The van der Waals surface area contributed by atoms with Crippen LogP contribution >= 0.6 is 0 Å². The van der Waals surface area contributed by atoms with E-state index in [9.17, 15) is 0 Å². The van der Waals surface area contributed by atoms with Gasteiger partial charge in [0, 0.05) is 27.8 Å². The number of para-hydroxylation sites is 2. The van der Waals surface area contributed by atoms with E-state index in [1.807, 2.05) is 18.5 Å². The van der Waals surface area contributed by atoms with Crippen molar-refractivity contribution in [2.75, 3.05) is 0 Å². The summed E-state index contributed by atoms with van der Waals surface area (Å²) in [5.41, 5.74) is 10.5. The summed E-state index contributed by atoms with van der Waals surface area (Å²) in [6, 6.07) is 30.1. The first-order chi connectivity index (χ1) is 17.2. The SMILES string of the molecule is CC1(C)c2ccccc2-c2c1c1c(c3ccccc3n1-c1cccnc1)c1oc3ccccc3c21. The standard InChI is InChI=1S/C32H22N2O/c1-32(2)23-14-6-3-11-20(23)26-27-22-13-5-8-16-25(22)35-31(27)28-21-12-4-7-15-24(21)34(30(28)29(26)32)19-10-9-17-33-18-19/h3-18H,1-2H3. The zero-order valence-electron chi connectivity index (χ0n) is 19.5. The molecule has 0 N–H and O–H groups in total. The second-order valence-electron chi connectivity index (χ2n) is 10.0. The highest BCUT2D eigenvalue weighted by molar-refractivity contribution is 6.30. The molecule has 3 aromatic heterocycles. The number of fused-ring (bicyclic) bond motifs is 12. The van der Waals surface area contributed by atoms with E-state index in [1.165, 1.54) is 49.3 Å². The van der Waals surface area contributed by atoms with Gasteiger partial charge in [-0.1, -0.05) is 74.5 Å². The van der Waals surface area contributed by atoms with Crippen LogP contribution in [0.3, 0.4) is 0 Å². The number of hydrogen-bond acceptors (Lipinski definition) is 2. The summed E-state index contributed by atoms with van der Waals surface area (Å²) in [6.45, 7) is 4.72. The van der Waals surface area contributed by atoms with Crippen LogP contribution < -0.4 is 0 Å². The highest BCUT2D eigenvalue weighted by Gasteiger charge is 2.41. The van der Waals surface area contributed by atoms with Crippen LogP contribution in [0.1, 0.15) is 25.0 Å². The smallest absolute Gasteiger partial charge is 0.146 e. The predicted molar refractivity (Wildman–Crippen MR) is 143 cm³/mol. The van der Waals surface area contributed by atoms with Crippen molar-refractivity contribution in [3.63, 3.8) is 0 Å². The number of nitrogens with zero attached hydrogens (tertiary/aromatic N) is 2. The Morgan fingerprint density at radius 1 is 0.771 bits per heavy atom. The Kier molecular flexibility index (Phi) is 3.47. The molecule has 0 fully saturated rings. The minimum absolute atomic E-state index is 0.176. The molecule has 3 heterocycles. The van der Waals surface area contributed by atoms with Crippen LogP contribution in [-0.2, 0) is 5.41 Å². The maximum Gasteiger partial charge on any atom is 0.146 e. The van der Waals surface area contributed by atoms with Gasteiger partial charge in [-0.15, -0.1) is 0 Å². The lowest BCUT2D eigenvalue weighted by Crippen LogP contribution is -2.16. The van der Waals surface area contributed by atoms with Gasteiger partial charge < -0.3 is 8.98 Å². The molecule has 0 saturated carbocycles. The fraction of sp³-hybridized carbons (Fsp3) is 0.0938. The maximum atomic E-state index is 6.70. The molecule has 166 valence electrons. The summed E-state index contributed by atoms with van der Waals surface area (Å²) in [7, 11) is 0. The highest BCUT2D eigenvalue weighted by Crippen LogP contribution is 2.57. The molecular formula is C32H22N2O. The molecule has 0 unspecified atom stereocenters. The summed E-state index contributed by atoms with van der Waals surface area (Å²) >= 11 is 0. The van der Waals surface area contributed by atoms with Gasteiger partial charge in [0.2, 0.25) is 0 Å². The van der Waals surface area contributed by atoms with Crippen LogP contribution in [-0.4, -0.2) is 9.55 Å². The third-order valence-corrected chi connectivity index (χ3v) is 7.83. The molecule has 7 aromatic rings. The molecule has 0 aliphatic heterocycles. The minimum atomic E-state index is -0.176. The van der Waals surface area contributed by atoms with Crippen molar-refractivity contribution < 1.29 is 4.42 Å². The van der Waals surface area contributed by atoms with Crippen molar-refractivity contribution in [2.45, 2.75) is 19.3 Å². The third-order valence-electron chi connectivity index (χ3n) is 7.83. The average molecular weight is 451 g/mol. The Morgan fingerprint density at radius 3 is 2.40 bits per heavy atom. The molecule has 1 aliphatic carbocycles. The van der Waals surface area contributed by atoms with E-state index in [0.717, 1.165) is 22.4 Å². The van der Waals surface area contributed by atoms with Crippen LogP contribution in [0.2, 0.25) is 0 Å². The molecule has 3 nitrogen and oxygen atoms in total. The van der Waals surface area contributed by atoms with Gasteiger partial charge in [-0.25, -0.2) is 0 Å². The van der Waals surface area contributed by atoms with Gasteiger partial charge in [0.25, 0.3) is 0 Å². The second-order valence-corrected chi connectivity index (χ2v) is 10.0. The third kappa shape index (κ3) is 2.23. The molecule has 0 spiro atoms. The quantitative estimate of drug-likeness (QED) is 0.251. The van der Waals surface area contributed by atoms with Crippen LogP contribution in [0.15, 0.2) is 102 Å². The first-order valence-electron chi connectivity index (χ1n) is 12.1. The molecule has 1 aliphatic rings. The summed E-state index contributed by atoms with van der Waals surface area (Å²) in [4.78, 5) is 4.48. The number of aromatic nitrogens is 2. The molecule has 0 amide bonds. The van der Waals surface area contributed by atoms with Crippen LogP contribution in [0.4, 0.5) is 0 Å². The molecule has 0 radical (unpaired) electrons. The first-order valence-corrected chi connectivity index (χ1v) is 12.1. The fourth-order valence-corrected chi connectivity index (χ4v) is 6.43. The van der Waals surface area contributed by atoms with Gasteiger partial charge in [-0.3, -0.25) is 4.98 Å². The lowest BCUT2D eigenvalue weighted by atomic mass is 9.81. The summed E-state index contributed by atoms with van der Waals surface area (Å²) in [5, 5.41) is 4.77. The molecule has 0 saturated heterocycles. The van der Waals surface area contributed by atoms with E-state index in [0.29, 0.717) is 0 Å². The zero-order valence-corrected chi connectivity index (χ0v) is 19.5.